The lowest BCUT2D eigenvalue weighted by molar-refractivity contribution is 0.0323. The summed E-state index contributed by atoms with van der Waals surface area (Å²) in [6, 6.07) is 16.7. The Kier molecular flexibility index (Phi) is 6.63. The number of nitrogens with two attached hydrogens (primary N) is 1. The Bertz CT molecular complexity index is 1390. The van der Waals surface area contributed by atoms with Gasteiger partial charge in [0, 0.05) is 31.7 Å². The topological polar surface area (TPSA) is 81.2 Å². The van der Waals surface area contributed by atoms with Crippen LogP contribution < -0.4 is 15.4 Å². The fraction of sp³-hybridized carbons (Fsp3) is 0.357. The van der Waals surface area contributed by atoms with Gasteiger partial charge in [0.05, 0.1) is 36.8 Å². The molecule has 9 heteroatoms. The SMILES string of the molecule is Nc1ccc(-c2cnc3ccc(N4CCCC4c4cccc(F)c4)nn23)cc1OCCN1CCOCC1. The minimum Gasteiger partial charge on any atom is -0.490 e. The molecule has 0 saturated carbocycles. The van der Waals surface area contributed by atoms with Gasteiger partial charge in [-0.3, -0.25) is 4.90 Å². The zero-order chi connectivity index (χ0) is 25.2. The molecule has 4 heterocycles. The van der Waals surface area contributed by atoms with Crippen molar-refractivity contribution in [2.24, 2.45) is 0 Å². The molecule has 37 heavy (non-hydrogen) atoms. The summed E-state index contributed by atoms with van der Waals surface area (Å²) in [6.45, 7) is 5.63. The van der Waals surface area contributed by atoms with Crippen molar-refractivity contribution < 1.29 is 13.9 Å². The maximum Gasteiger partial charge on any atom is 0.154 e. The molecule has 0 amide bonds. The molecule has 8 nitrogen and oxygen atoms in total. The zero-order valence-electron chi connectivity index (χ0n) is 20.7. The molecule has 6 rings (SSSR count). The van der Waals surface area contributed by atoms with Crippen LogP contribution in [-0.2, 0) is 4.74 Å². The maximum absolute atomic E-state index is 13.9. The number of benzene rings is 2. The molecular formula is C28H31FN6O2. The van der Waals surface area contributed by atoms with Crippen molar-refractivity contribution in [3.05, 3.63) is 72.2 Å². The Balaban J connectivity index is 1.25. The quantitative estimate of drug-likeness (QED) is 0.380. The first kappa shape index (κ1) is 23.7. The predicted molar refractivity (Wildman–Crippen MR) is 141 cm³/mol. The molecule has 0 aliphatic carbocycles. The third kappa shape index (κ3) is 4.97. The Labute approximate surface area is 215 Å². The fourth-order valence-electron chi connectivity index (χ4n) is 5.24. The number of nitrogen functional groups attached to an aromatic ring is 1. The second-order valence-corrected chi connectivity index (χ2v) is 9.57. The van der Waals surface area contributed by atoms with E-state index in [1.54, 1.807) is 12.1 Å². The van der Waals surface area contributed by atoms with E-state index < -0.39 is 0 Å². The molecule has 0 spiro atoms. The summed E-state index contributed by atoms with van der Waals surface area (Å²) in [5, 5.41) is 4.96. The van der Waals surface area contributed by atoms with Crippen LogP contribution in [0, 0.1) is 5.82 Å². The molecule has 2 aliphatic rings. The van der Waals surface area contributed by atoms with Crippen molar-refractivity contribution in [2.75, 3.05) is 56.6 Å². The zero-order valence-corrected chi connectivity index (χ0v) is 20.7. The van der Waals surface area contributed by atoms with Crippen LogP contribution in [0.5, 0.6) is 5.75 Å². The molecule has 0 bridgehead atoms. The first-order valence-corrected chi connectivity index (χ1v) is 12.9. The third-order valence-electron chi connectivity index (χ3n) is 7.21. The van der Waals surface area contributed by atoms with Crippen LogP contribution in [0.4, 0.5) is 15.9 Å². The predicted octanol–water partition coefficient (Wildman–Crippen LogP) is 4.17. The summed E-state index contributed by atoms with van der Waals surface area (Å²) in [7, 11) is 0. The van der Waals surface area contributed by atoms with Crippen LogP contribution >= 0.6 is 0 Å². The van der Waals surface area contributed by atoms with E-state index in [2.05, 4.69) is 14.8 Å². The van der Waals surface area contributed by atoms with Crippen LogP contribution in [-0.4, -0.2) is 65.5 Å². The molecule has 1 atom stereocenters. The van der Waals surface area contributed by atoms with Crippen molar-refractivity contribution in [3.8, 4) is 17.0 Å². The van der Waals surface area contributed by atoms with Crippen molar-refractivity contribution in [2.45, 2.75) is 18.9 Å². The fourth-order valence-corrected chi connectivity index (χ4v) is 5.24. The van der Waals surface area contributed by atoms with Gasteiger partial charge in [-0.25, -0.2) is 13.9 Å². The van der Waals surface area contributed by atoms with Gasteiger partial charge >= 0.3 is 0 Å². The largest absolute Gasteiger partial charge is 0.490 e. The summed E-state index contributed by atoms with van der Waals surface area (Å²) < 4.78 is 27.3. The van der Waals surface area contributed by atoms with E-state index in [9.17, 15) is 4.39 Å². The summed E-state index contributed by atoms with van der Waals surface area (Å²) in [6.07, 6.45) is 3.81. The van der Waals surface area contributed by atoms with Crippen molar-refractivity contribution in [3.63, 3.8) is 0 Å². The third-order valence-corrected chi connectivity index (χ3v) is 7.21. The van der Waals surface area contributed by atoms with E-state index in [-0.39, 0.29) is 11.9 Å². The number of morpholine rings is 1. The molecule has 2 aliphatic heterocycles. The first-order chi connectivity index (χ1) is 18.2. The Morgan fingerprint density at radius 2 is 1.95 bits per heavy atom. The van der Waals surface area contributed by atoms with Crippen molar-refractivity contribution >= 4 is 17.2 Å². The molecule has 2 fully saturated rings. The molecule has 2 aromatic carbocycles. The van der Waals surface area contributed by atoms with Crippen LogP contribution in [0.1, 0.15) is 24.4 Å². The van der Waals surface area contributed by atoms with Crippen molar-refractivity contribution in [1.82, 2.24) is 19.5 Å². The number of imidazole rings is 1. The molecule has 1 unspecified atom stereocenters. The number of ether oxygens (including phenoxy) is 2. The average molecular weight is 503 g/mol. The Hall–Kier alpha value is -3.69. The molecule has 4 aromatic rings. The lowest BCUT2D eigenvalue weighted by atomic mass is 10.0. The molecule has 2 N–H and O–H groups in total. The van der Waals surface area contributed by atoms with Gasteiger partial charge in [-0.2, -0.15) is 0 Å². The molecule has 2 saturated heterocycles. The number of hydrogen-bond acceptors (Lipinski definition) is 7. The van der Waals surface area contributed by atoms with Crippen LogP contribution in [0.15, 0.2) is 60.8 Å². The van der Waals surface area contributed by atoms with E-state index in [0.717, 1.165) is 80.5 Å². The Morgan fingerprint density at radius 3 is 2.81 bits per heavy atom. The average Bonchev–Trinajstić information content (AvgIpc) is 3.58. The van der Waals surface area contributed by atoms with E-state index in [1.165, 1.54) is 6.07 Å². The van der Waals surface area contributed by atoms with E-state index in [1.807, 2.05) is 47.1 Å². The molecule has 0 radical (unpaired) electrons. The van der Waals surface area contributed by atoms with Gasteiger partial charge in [0.1, 0.15) is 24.0 Å². The van der Waals surface area contributed by atoms with Gasteiger partial charge in [0.25, 0.3) is 0 Å². The monoisotopic (exact) mass is 502 g/mol. The minimum absolute atomic E-state index is 0.0932. The van der Waals surface area contributed by atoms with Gasteiger partial charge in [-0.1, -0.05) is 18.2 Å². The second-order valence-electron chi connectivity index (χ2n) is 9.57. The highest BCUT2D eigenvalue weighted by atomic mass is 19.1. The van der Waals surface area contributed by atoms with E-state index in [0.29, 0.717) is 18.0 Å². The smallest absolute Gasteiger partial charge is 0.154 e. The summed E-state index contributed by atoms with van der Waals surface area (Å²) in [5.74, 6) is 1.29. The van der Waals surface area contributed by atoms with Gasteiger partial charge in [0.2, 0.25) is 0 Å². The van der Waals surface area contributed by atoms with Gasteiger partial charge in [-0.05, 0) is 54.8 Å². The summed E-state index contributed by atoms with van der Waals surface area (Å²) in [4.78, 5) is 9.15. The number of fused-ring (bicyclic) bond motifs is 1. The highest BCUT2D eigenvalue weighted by Gasteiger charge is 2.28. The highest BCUT2D eigenvalue weighted by molar-refractivity contribution is 5.69. The summed E-state index contributed by atoms with van der Waals surface area (Å²) in [5.41, 5.74) is 10.3. The number of nitrogens with zero attached hydrogens (tertiary/aromatic N) is 5. The lowest BCUT2D eigenvalue weighted by Crippen LogP contribution is -2.38. The highest BCUT2D eigenvalue weighted by Crippen LogP contribution is 2.36. The number of aromatic nitrogens is 3. The minimum atomic E-state index is -0.212. The number of halogens is 1. The standard InChI is InChI=1S/C28H31FN6O2/c29-22-4-1-3-20(17-22)24-5-2-10-34(24)28-9-8-27-31-19-25(35(27)32-28)21-6-7-23(30)26(18-21)37-16-13-33-11-14-36-15-12-33/h1,3-4,6-9,17-19,24H,2,5,10-16,30H2. The summed E-state index contributed by atoms with van der Waals surface area (Å²) >= 11 is 0. The second kappa shape index (κ2) is 10.4. The van der Waals surface area contributed by atoms with Crippen LogP contribution in [0.3, 0.4) is 0 Å². The molecule has 192 valence electrons. The lowest BCUT2D eigenvalue weighted by Gasteiger charge is -2.26. The van der Waals surface area contributed by atoms with Gasteiger partial charge < -0.3 is 20.1 Å². The number of rotatable bonds is 7. The van der Waals surface area contributed by atoms with E-state index in [4.69, 9.17) is 20.3 Å². The molecular weight excluding hydrogens is 471 g/mol. The Morgan fingerprint density at radius 1 is 1.05 bits per heavy atom. The van der Waals surface area contributed by atoms with Crippen LogP contribution in [0.25, 0.3) is 16.9 Å². The van der Waals surface area contributed by atoms with Crippen molar-refractivity contribution in [1.29, 1.82) is 0 Å². The van der Waals surface area contributed by atoms with Gasteiger partial charge in [0.15, 0.2) is 5.65 Å². The maximum atomic E-state index is 13.9. The van der Waals surface area contributed by atoms with E-state index >= 15 is 0 Å². The number of anilines is 2. The van der Waals surface area contributed by atoms with Crippen LogP contribution in [0.2, 0.25) is 0 Å². The molecule has 2 aromatic heterocycles. The normalized spacial score (nSPS) is 18.5. The van der Waals surface area contributed by atoms with Gasteiger partial charge in [-0.15, -0.1) is 5.10 Å². The number of hydrogen-bond donors (Lipinski definition) is 1. The first-order valence-electron chi connectivity index (χ1n) is 12.9.